The first kappa shape index (κ1) is 26.9. The van der Waals surface area contributed by atoms with E-state index in [2.05, 4.69) is 25.7 Å². The van der Waals surface area contributed by atoms with Crippen LogP contribution in [0.2, 0.25) is 0 Å². The molecule has 1 aliphatic carbocycles. The summed E-state index contributed by atoms with van der Waals surface area (Å²) >= 11 is 0. The number of Topliss-reactive ketones (excluding diaryl/α,β-unsaturated/α-hetero) is 1. The average molecular weight is 555 g/mol. The van der Waals surface area contributed by atoms with Gasteiger partial charge in [-0.15, -0.1) is 0 Å². The highest BCUT2D eigenvalue weighted by Gasteiger charge is 2.34. The van der Waals surface area contributed by atoms with Crippen LogP contribution in [-0.2, 0) is 19.1 Å². The van der Waals surface area contributed by atoms with Gasteiger partial charge in [0.1, 0.15) is 23.5 Å². The van der Waals surface area contributed by atoms with E-state index in [1.165, 1.54) is 17.5 Å². The first-order valence-corrected chi connectivity index (χ1v) is 12.2. The molecule has 0 spiro atoms. The number of benzene rings is 2. The van der Waals surface area contributed by atoms with Crippen molar-refractivity contribution >= 4 is 23.4 Å². The lowest BCUT2D eigenvalue weighted by atomic mass is 9.96. The average Bonchev–Trinajstić information content (AvgIpc) is 3.54. The van der Waals surface area contributed by atoms with Gasteiger partial charge in [-0.3, -0.25) is 14.4 Å². The summed E-state index contributed by atoms with van der Waals surface area (Å²) in [5, 5.41) is 9.39. The summed E-state index contributed by atoms with van der Waals surface area (Å²) < 4.78 is 53.8. The van der Waals surface area contributed by atoms with Crippen molar-refractivity contribution in [3.63, 3.8) is 0 Å². The Balaban J connectivity index is 1.36. The molecule has 2 heterocycles. The normalized spacial score (nSPS) is 14.7. The number of rotatable bonds is 6. The van der Waals surface area contributed by atoms with Crippen LogP contribution in [0, 0.1) is 12.7 Å². The van der Waals surface area contributed by atoms with Gasteiger partial charge in [0.15, 0.2) is 5.78 Å². The van der Waals surface area contributed by atoms with Gasteiger partial charge in [-0.1, -0.05) is 18.2 Å². The van der Waals surface area contributed by atoms with Crippen molar-refractivity contribution in [1.29, 1.82) is 0 Å². The van der Waals surface area contributed by atoms with E-state index in [1.807, 2.05) is 13.0 Å². The molecule has 1 aliphatic rings. The molecule has 0 bridgehead atoms. The molecular formula is C27H22F4N6O3. The summed E-state index contributed by atoms with van der Waals surface area (Å²) in [7, 11) is 0. The first-order valence-electron chi connectivity index (χ1n) is 12.2. The van der Waals surface area contributed by atoms with Gasteiger partial charge in [0.2, 0.25) is 0 Å². The molecule has 206 valence electrons. The van der Waals surface area contributed by atoms with Crippen molar-refractivity contribution < 1.29 is 31.9 Å². The lowest BCUT2D eigenvalue weighted by Gasteiger charge is -2.16. The van der Waals surface area contributed by atoms with Crippen LogP contribution in [0.15, 0.2) is 42.7 Å². The second-order valence-corrected chi connectivity index (χ2v) is 9.42. The molecular weight excluding hydrogens is 532 g/mol. The van der Waals surface area contributed by atoms with Gasteiger partial charge in [-0.05, 0) is 61.1 Å². The van der Waals surface area contributed by atoms with Crippen LogP contribution in [0.1, 0.15) is 78.5 Å². The van der Waals surface area contributed by atoms with Crippen molar-refractivity contribution in [2.45, 2.75) is 45.5 Å². The zero-order valence-corrected chi connectivity index (χ0v) is 21.3. The van der Waals surface area contributed by atoms with Crippen molar-refractivity contribution in [2.75, 3.05) is 0 Å². The second kappa shape index (κ2) is 10.1. The zero-order chi connectivity index (χ0) is 28.8. The number of ketones is 1. The number of nitrogens with zero attached hydrogens (tertiary/aromatic N) is 4. The van der Waals surface area contributed by atoms with Crippen LogP contribution in [-0.4, -0.2) is 37.2 Å². The van der Waals surface area contributed by atoms with Crippen molar-refractivity contribution in [1.82, 2.24) is 30.2 Å². The van der Waals surface area contributed by atoms with E-state index >= 15 is 0 Å². The van der Waals surface area contributed by atoms with Crippen LogP contribution in [0.5, 0.6) is 0 Å². The van der Waals surface area contributed by atoms with Gasteiger partial charge in [0, 0.05) is 18.2 Å². The number of aromatic nitrogens is 4. The fraction of sp³-hybridized carbons (Fsp3) is 0.259. The standard InChI is InChI=1S/C27H22F4N6O3/c1-13-16(14(2)38)4-5-18-17(13)6-8-21(18)35-25(40)23-10-22(36-26-33-12-34-37(23)26)24(39)32-11-15-3-7-20(28)19(9-15)27(29,30)31/h3-5,7,9-10,12,21H,6,8,11H2,1-2H3,(H,32,39)(H,35,40)/t21-/m0/s1. The number of hydrogen-bond acceptors (Lipinski definition) is 6. The summed E-state index contributed by atoms with van der Waals surface area (Å²) in [5.41, 5.74) is 1.76. The molecule has 2 amide bonds. The predicted octanol–water partition coefficient (Wildman–Crippen LogP) is 4.14. The molecule has 0 radical (unpaired) electrons. The van der Waals surface area contributed by atoms with E-state index in [9.17, 15) is 31.9 Å². The highest BCUT2D eigenvalue weighted by molar-refractivity contribution is 5.98. The molecule has 0 saturated heterocycles. The summed E-state index contributed by atoms with van der Waals surface area (Å²) in [4.78, 5) is 46.2. The third-order valence-electron chi connectivity index (χ3n) is 6.88. The van der Waals surface area contributed by atoms with Crippen LogP contribution in [0.3, 0.4) is 0 Å². The molecule has 2 aromatic heterocycles. The fourth-order valence-electron chi connectivity index (χ4n) is 4.91. The van der Waals surface area contributed by atoms with Gasteiger partial charge in [0.25, 0.3) is 17.6 Å². The van der Waals surface area contributed by atoms with Crippen LogP contribution < -0.4 is 10.6 Å². The number of carbonyl (C=O) groups is 3. The number of alkyl halides is 3. The number of hydrogen-bond donors (Lipinski definition) is 2. The summed E-state index contributed by atoms with van der Waals surface area (Å²) in [6, 6.07) is 6.85. The van der Waals surface area contributed by atoms with Gasteiger partial charge < -0.3 is 10.6 Å². The summed E-state index contributed by atoms with van der Waals surface area (Å²) in [5.74, 6) is -2.82. The summed E-state index contributed by atoms with van der Waals surface area (Å²) in [6.07, 6.45) is -2.44. The number of halogens is 4. The van der Waals surface area contributed by atoms with Gasteiger partial charge in [0.05, 0.1) is 11.6 Å². The minimum atomic E-state index is -4.89. The highest BCUT2D eigenvalue weighted by atomic mass is 19.4. The van der Waals surface area contributed by atoms with E-state index in [-0.39, 0.29) is 41.1 Å². The summed E-state index contributed by atoms with van der Waals surface area (Å²) in [6.45, 7) is 3.04. The minimum Gasteiger partial charge on any atom is -0.347 e. The molecule has 5 rings (SSSR count). The third kappa shape index (κ3) is 5.01. The molecule has 1 atom stereocenters. The van der Waals surface area contributed by atoms with Gasteiger partial charge in [-0.2, -0.15) is 27.8 Å². The van der Waals surface area contributed by atoms with E-state index in [4.69, 9.17) is 0 Å². The molecule has 2 aromatic carbocycles. The number of nitrogens with one attached hydrogen (secondary N) is 2. The quantitative estimate of drug-likeness (QED) is 0.273. The minimum absolute atomic E-state index is 0.0201. The molecule has 0 unspecified atom stereocenters. The van der Waals surface area contributed by atoms with E-state index in [1.54, 1.807) is 6.07 Å². The maximum absolute atomic E-state index is 13.6. The Morgan fingerprint density at radius 2 is 1.88 bits per heavy atom. The molecule has 13 heteroatoms. The maximum atomic E-state index is 13.6. The smallest absolute Gasteiger partial charge is 0.347 e. The molecule has 0 aliphatic heterocycles. The van der Waals surface area contributed by atoms with Crippen molar-refractivity contribution in [2.24, 2.45) is 0 Å². The van der Waals surface area contributed by atoms with Gasteiger partial charge in [-0.25, -0.2) is 9.37 Å². The highest BCUT2D eigenvalue weighted by Crippen LogP contribution is 2.35. The zero-order valence-electron chi connectivity index (χ0n) is 21.3. The number of amides is 2. The molecule has 4 aromatic rings. The topological polar surface area (TPSA) is 118 Å². The van der Waals surface area contributed by atoms with E-state index < -0.39 is 29.4 Å². The number of carbonyl (C=O) groups excluding carboxylic acids is 3. The molecule has 9 nitrogen and oxygen atoms in total. The van der Waals surface area contributed by atoms with Crippen molar-refractivity contribution in [3.8, 4) is 0 Å². The predicted molar refractivity (Wildman–Crippen MR) is 133 cm³/mol. The SMILES string of the molecule is CC(=O)c1ccc2c(c1C)CC[C@@H]2NC(=O)c1cc(C(=O)NCc2ccc(F)c(C(F)(F)F)c2)nc2ncnn12. The Hall–Kier alpha value is -4.68. The Morgan fingerprint density at radius 3 is 2.60 bits per heavy atom. The molecule has 2 N–H and O–H groups in total. The maximum Gasteiger partial charge on any atom is 0.419 e. The molecule has 40 heavy (non-hydrogen) atoms. The fourth-order valence-corrected chi connectivity index (χ4v) is 4.91. The van der Waals surface area contributed by atoms with Crippen molar-refractivity contribution in [3.05, 3.63) is 93.3 Å². The second-order valence-electron chi connectivity index (χ2n) is 9.42. The Labute approximate surface area is 224 Å². The Kier molecular flexibility index (Phi) is 6.82. The van der Waals surface area contributed by atoms with Crippen LogP contribution >= 0.6 is 0 Å². The van der Waals surface area contributed by atoms with Crippen LogP contribution in [0.25, 0.3) is 5.78 Å². The Bertz CT molecular complexity index is 1680. The van der Waals surface area contributed by atoms with Crippen LogP contribution in [0.4, 0.5) is 17.6 Å². The largest absolute Gasteiger partial charge is 0.419 e. The first-order chi connectivity index (χ1) is 18.9. The van der Waals surface area contributed by atoms with Gasteiger partial charge >= 0.3 is 6.18 Å². The Morgan fingerprint density at radius 1 is 1.10 bits per heavy atom. The lowest BCUT2D eigenvalue weighted by molar-refractivity contribution is -0.140. The number of fused-ring (bicyclic) bond motifs is 2. The van der Waals surface area contributed by atoms with E-state index in [0.29, 0.717) is 30.5 Å². The third-order valence-corrected chi connectivity index (χ3v) is 6.88. The lowest BCUT2D eigenvalue weighted by Crippen LogP contribution is -2.30. The monoisotopic (exact) mass is 554 g/mol. The molecule has 0 fully saturated rings. The molecule has 0 saturated carbocycles. The van der Waals surface area contributed by atoms with E-state index in [0.717, 1.165) is 29.1 Å².